The number of nitrogens with one attached hydrogen (secondary N) is 1. The van der Waals surface area contributed by atoms with E-state index in [-0.39, 0.29) is 11.8 Å². The summed E-state index contributed by atoms with van der Waals surface area (Å²) in [4.78, 5) is 12.3. The molecule has 1 fully saturated rings. The van der Waals surface area contributed by atoms with Crippen LogP contribution in [0.2, 0.25) is 5.02 Å². The first-order chi connectivity index (χ1) is 9.25. The molecular formula is C16H18ClNO. The van der Waals surface area contributed by atoms with Crippen molar-refractivity contribution in [1.82, 2.24) is 0 Å². The molecule has 0 heterocycles. The summed E-state index contributed by atoms with van der Waals surface area (Å²) in [6.07, 6.45) is 9.32. The van der Waals surface area contributed by atoms with E-state index in [0.29, 0.717) is 16.9 Å². The Morgan fingerprint density at radius 3 is 3.05 bits per heavy atom. The second-order valence-electron chi connectivity index (χ2n) is 5.48. The zero-order valence-electron chi connectivity index (χ0n) is 10.8. The molecule has 19 heavy (non-hydrogen) atoms. The van der Waals surface area contributed by atoms with Crippen LogP contribution in [-0.2, 0) is 4.79 Å². The Kier molecular flexibility index (Phi) is 3.61. The van der Waals surface area contributed by atoms with Crippen LogP contribution in [0.3, 0.4) is 0 Å². The topological polar surface area (TPSA) is 29.1 Å². The highest BCUT2D eigenvalue weighted by atomic mass is 35.5. The third-order valence-electron chi connectivity index (χ3n) is 4.14. The average molecular weight is 276 g/mol. The van der Waals surface area contributed by atoms with Gasteiger partial charge in [-0.15, -0.1) is 0 Å². The molecule has 0 bridgehead atoms. The van der Waals surface area contributed by atoms with Gasteiger partial charge in [-0.25, -0.2) is 0 Å². The van der Waals surface area contributed by atoms with Crippen molar-refractivity contribution < 1.29 is 4.79 Å². The lowest BCUT2D eigenvalue weighted by atomic mass is 10.1. The first-order valence-electron chi connectivity index (χ1n) is 6.99. The number of benzene rings is 1. The van der Waals surface area contributed by atoms with Gasteiger partial charge in [-0.3, -0.25) is 4.79 Å². The molecule has 0 unspecified atom stereocenters. The van der Waals surface area contributed by atoms with Gasteiger partial charge in [-0.05, 0) is 49.3 Å². The Labute approximate surface area is 118 Å². The van der Waals surface area contributed by atoms with Crippen molar-refractivity contribution >= 4 is 23.2 Å². The summed E-state index contributed by atoms with van der Waals surface area (Å²) in [7, 11) is 0. The molecule has 0 aliphatic heterocycles. The van der Waals surface area contributed by atoms with Crippen molar-refractivity contribution in [2.45, 2.75) is 25.7 Å². The van der Waals surface area contributed by atoms with Crippen LogP contribution in [0.25, 0.3) is 0 Å². The summed E-state index contributed by atoms with van der Waals surface area (Å²) >= 11 is 5.93. The minimum absolute atomic E-state index is 0.142. The number of hydrogen-bond acceptors (Lipinski definition) is 1. The van der Waals surface area contributed by atoms with Gasteiger partial charge in [0.05, 0.1) is 0 Å². The van der Waals surface area contributed by atoms with Gasteiger partial charge in [-0.2, -0.15) is 0 Å². The molecule has 100 valence electrons. The van der Waals surface area contributed by atoms with Crippen molar-refractivity contribution in [3.05, 3.63) is 41.4 Å². The number of amides is 1. The number of rotatable bonds is 2. The predicted octanol–water partition coefficient (Wildman–Crippen LogP) is 4.27. The van der Waals surface area contributed by atoms with Gasteiger partial charge in [-0.1, -0.05) is 36.2 Å². The molecule has 1 saturated carbocycles. The quantitative estimate of drug-likeness (QED) is 0.803. The largest absolute Gasteiger partial charge is 0.326 e. The molecule has 2 nitrogen and oxygen atoms in total. The lowest BCUT2D eigenvalue weighted by Gasteiger charge is -2.05. The third-order valence-corrected chi connectivity index (χ3v) is 4.38. The van der Waals surface area contributed by atoms with E-state index in [4.69, 9.17) is 11.6 Å². The first-order valence-corrected chi connectivity index (χ1v) is 7.36. The van der Waals surface area contributed by atoms with Crippen LogP contribution in [-0.4, -0.2) is 5.91 Å². The maximum absolute atomic E-state index is 12.3. The van der Waals surface area contributed by atoms with E-state index in [1.807, 2.05) is 18.2 Å². The highest BCUT2D eigenvalue weighted by molar-refractivity contribution is 6.30. The summed E-state index contributed by atoms with van der Waals surface area (Å²) < 4.78 is 0. The van der Waals surface area contributed by atoms with E-state index in [1.165, 1.54) is 19.3 Å². The predicted molar refractivity (Wildman–Crippen MR) is 78.2 cm³/mol. The van der Waals surface area contributed by atoms with E-state index in [0.717, 1.165) is 12.1 Å². The summed E-state index contributed by atoms with van der Waals surface area (Å²) in [5.41, 5.74) is 0.792. The van der Waals surface area contributed by atoms with Crippen molar-refractivity contribution in [1.29, 1.82) is 0 Å². The maximum Gasteiger partial charge on any atom is 0.228 e. The SMILES string of the molecule is O=C(Nc1cccc(Cl)c1)[C@@H]1[C@@H]2C=CCCCC[C@H]21. The van der Waals surface area contributed by atoms with Crippen molar-refractivity contribution in [2.75, 3.05) is 5.32 Å². The van der Waals surface area contributed by atoms with E-state index < -0.39 is 0 Å². The van der Waals surface area contributed by atoms with Crippen molar-refractivity contribution in [3.8, 4) is 0 Å². The van der Waals surface area contributed by atoms with E-state index in [9.17, 15) is 4.79 Å². The molecular weight excluding hydrogens is 258 g/mol. The monoisotopic (exact) mass is 275 g/mol. The van der Waals surface area contributed by atoms with Gasteiger partial charge >= 0.3 is 0 Å². The molecule has 0 saturated heterocycles. The lowest BCUT2D eigenvalue weighted by molar-refractivity contribution is -0.117. The van der Waals surface area contributed by atoms with E-state index in [2.05, 4.69) is 17.5 Å². The second kappa shape index (κ2) is 5.38. The Balaban J connectivity index is 1.65. The number of fused-ring (bicyclic) bond motifs is 1. The molecule has 0 aromatic heterocycles. The fraction of sp³-hybridized carbons (Fsp3) is 0.438. The molecule has 1 N–H and O–H groups in total. The Bertz CT molecular complexity index is 511. The smallest absolute Gasteiger partial charge is 0.228 e. The number of halogens is 1. The number of carbonyl (C=O) groups is 1. The Morgan fingerprint density at radius 1 is 1.32 bits per heavy atom. The fourth-order valence-electron chi connectivity index (χ4n) is 3.09. The highest BCUT2D eigenvalue weighted by Gasteiger charge is 2.52. The minimum Gasteiger partial charge on any atom is -0.326 e. The van der Waals surface area contributed by atoms with E-state index >= 15 is 0 Å². The van der Waals surface area contributed by atoms with Crippen LogP contribution >= 0.6 is 11.6 Å². The summed E-state index contributed by atoms with van der Waals surface area (Å²) in [5.74, 6) is 1.31. The normalized spacial score (nSPS) is 29.0. The third kappa shape index (κ3) is 2.84. The average Bonchev–Trinajstić information content (AvgIpc) is 3.00. The molecule has 3 rings (SSSR count). The molecule has 1 aromatic rings. The molecule has 1 amide bonds. The van der Waals surface area contributed by atoms with Gasteiger partial charge in [0.25, 0.3) is 0 Å². The van der Waals surface area contributed by atoms with Gasteiger partial charge < -0.3 is 5.32 Å². The molecule has 3 heteroatoms. The van der Waals surface area contributed by atoms with Gasteiger partial charge in [0, 0.05) is 16.6 Å². The van der Waals surface area contributed by atoms with Crippen LogP contribution in [0.1, 0.15) is 25.7 Å². The number of allylic oxidation sites excluding steroid dienone is 2. The molecule has 2 aliphatic rings. The molecule has 2 aliphatic carbocycles. The van der Waals surface area contributed by atoms with Crippen LogP contribution in [0.15, 0.2) is 36.4 Å². The van der Waals surface area contributed by atoms with Gasteiger partial charge in [0.2, 0.25) is 5.91 Å². The fourth-order valence-corrected chi connectivity index (χ4v) is 3.28. The highest BCUT2D eigenvalue weighted by Crippen LogP contribution is 2.51. The number of anilines is 1. The Hall–Kier alpha value is -1.28. The van der Waals surface area contributed by atoms with Crippen LogP contribution in [0, 0.1) is 17.8 Å². The van der Waals surface area contributed by atoms with Crippen LogP contribution < -0.4 is 5.32 Å². The van der Waals surface area contributed by atoms with Crippen LogP contribution in [0.5, 0.6) is 0 Å². The first kappa shape index (κ1) is 12.7. The van der Waals surface area contributed by atoms with Crippen LogP contribution in [0.4, 0.5) is 5.69 Å². The minimum atomic E-state index is 0.142. The van der Waals surface area contributed by atoms with E-state index in [1.54, 1.807) is 6.07 Å². The number of hydrogen-bond donors (Lipinski definition) is 1. The number of carbonyl (C=O) groups excluding carboxylic acids is 1. The molecule has 3 atom stereocenters. The molecule has 1 aromatic carbocycles. The van der Waals surface area contributed by atoms with Crippen molar-refractivity contribution in [3.63, 3.8) is 0 Å². The summed E-state index contributed by atoms with van der Waals surface area (Å²) in [6, 6.07) is 7.34. The van der Waals surface area contributed by atoms with Crippen molar-refractivity contribution in [2.24, 2.45) is 17.8 Å². The molecule has 0 spiro atoms. The maximum atomic E-state index is 12.3. The van der Waals surface area contributed by atoms with Gasteiger partial charge in [0.15, 0.2) is 0 Å². The molecule has 0 radical (unpaired) electrons. The van der Waals surface area contributed by atoms with Gasteiger partial charge in [0.1, 0.15) is 0 Å². The standard InChI is InChI=1S/C16H18ClNO/c17-11-6-5-7-12(10-11)18-16(19)15-13-8-3-1-2-4-9-14(13)15/h3,5-8,10,13-15H,1-2,4,9H2,(H,18,19)/t13-,14-,15-/m1/s1. The lowest BCUT2D eigenvalue weighted by Crippen LogP contribution is -2.15. The zero-order chi connectivity index (χ0) is 13.2. The Morgan fingerprint density at radius 2 is 2.21 bits per heavy atom. The summed E-state index contributed by atoms with van der Waals surface area (Å²) in [5, 5.41) is 3.64. The zero-order valence-corrected chi connectivity index (χ0v) is 11.6. The summed E-state index contributed by atoms with van der Waals surface area (Å²) in [6.45, 7) is 0. The second-order valence-corrected chi connectivity index (χ2v) is 5.92.